The van der Waals surface area contributed by atoms with Gasteiger partial charge in [0, 0.05) is 32.8 Å². The van der Waals surface area contributed by atoms with Crippen LogP contribution in [0, 0.1) is 0 Å². The summed E-state index contributed by atoms with van der Waals surface area (Å²) in [7, 11) is 3.55. The van der Waals surface area contributed by atoms with Crippen LogP contribution in [0.4, 0.5) is 11.6 Å². The zero-order valence-electron chi connectivity index (χ0n) is 10.4. The predicted molar refractivity (Wildman–Crippen MR) is 65.9 cm³/mol. The van der Waals surface area contributed by atoms with E-state index < -0.39 is 0 Å². The maximum absolute atomic E-state index is 5.10. The van der Waals surface area contributed by atoms with Gasteiger partial charge in [-0.1, -0.05) is 0 Å². The minimum Gasteiger partial charge on any atom is -0.383 e. The molecule has 5 heteroatoms. The highest BCUT2D eigenvalue weighted by Crippen LogP contribution is 2.15. The molecule has 0 bridgehead atoms. The first-order valence-corrected chi connectivity index (χ1v) is 5.44. The summed E-state index contributed by atoms with van der Waals surface area (Å²) in [5.74, 6) is 1.75. The lowest BCUT2D eigenvalue weighted by molar-refractivity contribution is 0.203. The minimum atomic E-state index is 0.384. The van der Waals surface area contributed by atoms with Gasteiger partial charge in [0.1, 0.15) is 18.0 Å². The molecule has 0 aliphatic rings. The van der Waals surface area contributed by atoms with Crippen LogP contribution in [0.25, 0.3) is 0 Å². The van der Waals surface area contributed by atoms with Crippen LogP contribution in [0.5, 0.6) is 0 Å². The van der Waals surface area contributed by atoms with Crippen LogP contribution in [0.2, 0.25) is 0 Å². The zero-order valence-corrected chi connectivity index (χ0v) is 10.4. The fraction of sp³-hybridized carbons (Fsp3) is 0.636. The smallest absolute Gasteiger partial charge is 0.134 e. The lowest BCUT2D eigenvalue weighted by Crippen LogP contribution is -2.34. The SMILES string of the molecule is CNc1cc(N(CCOC)C(C)C)ncn1. The molecule has 0 radical (unpaired) electrons. The van der Waals surface area contributed by atoms with Crippen LogP contribution in [0.3, 0.4) is 0 Å². The second kappa shape index (κ2) is 6.27. The number of hydrogen-bond donors (Lipinski definition) is 1. The van der Waals surface area contributed by atoms with Gasteiger partial charge in [0.05, 0.1) is 6.61 Å². The number of aromatic nitrogens is 2. The van der Waals surface area contributed by atoms with Crippen molar-refractivity contribution in [3.8, 4) is 0 Å². The first-order valence-electron chi connectivity index (χ1n) is 5.44. The average molecular weight is 224 g/mol. The van der Waals surface area contributed by atoms with E-state index in [9.17, 15) is 0 Å². The molecule has 0 aliphatic carbocycles. The second-order valence-corrected chi connectivity index (χ2v) is 3.79. The van der Waals surface area contributed by atoms with Crippen LogP contribution in [0.15, 0.2) is 12.4 Å². The fourth-order valence-corrected chi connectivity index (χ4v) is 1.47. The molecule has 1 aromatic heterocycles. The second-order valence-electron chi connectivity index (χ2n) is 3.79. The Morgan fingerprint density at radius 1 is 1.44 bits per heavy atom. The fourth-order valence-electron chi connectivity index (χ4n) is 1.47. The number of ether oxygens (including phenoxy) is 1. The Kier molecular flexibility index (Phi) is 4.98. The van der Waals surface area contributed by atoms with Crippen LogP contribution in [0.1, 0.15) is 13.8 Å². The normalized spacial score (nSPS) is 10.6. The van der Waals surface area contributed by atoms with Gasteiger partial charge in [-0.15, -0.1) is 0 Å². The third-order valence-corrected chi connectivity index (χ3v) is 2.36. The van der Waals surface area contributed by atoms with E-state index in [0.717, 1.165) is 18.2 Å². The molecule has 0 aliphatic heterocycles. The minimum absolute atomic E-state index is 0.384. The monoisotopic (exact) mass is 224 g/mol. The summed E-state index contributed by atoms with van der Waals surface area (Å²) >= 11 is 0. The molecule has 5 nitrogen and oxygen atoms in total. The molecule has 0 amide bonds. The Morgan fingerprint density at radius 2 is 2.19 bits per heavy atom. The molecular formula is C11H20N4O. The van der Waals surface area contributed by atoms with Crippen molar-refractivity contribution in [1.29, 1.82) is 0 Å². The number of nitrogens with zero attached hydrogens (tertiary/aromatic N) is 3. The summed E-state index contributed by atoms with van der Waals surface area (Å²) in [5.41, 5.74) is 0. The number of methoxy groups -OCH3 is 1. The van der Waals surface area contributed by atoms with E-state index in [1.165, 1.54) is 0 Å². The summed E-state index contributed by atoms with van der Waals surface area (Å²) in [6, 6.07) is 2.32. The highest BCUT2D eigenvalue weighted by Gasteiger charge is 2.11. The van der Waals surface area contributed by atoms with Gasteiger partial charge >= 0.3 is 0 Å². The molecule has 0 aromatic carbocycles. The molecule has 1 rings (SSSR count). The van der Waals surface area contributed by atoms with E-state index >= 15 is 0 Å². The number of hydrogen-bond acceptors (Lipinski definition) is 5. The third-order valence-electron chi connectivity index (χ3n) is 2.36. The maximum atomic E-state index is 5.10. The number of nitrogens with one attached hydrogen (secondary N) is 1. The first-order chi connectivity index (χ1) is 7.69. The van der Waals surface area contributed by atoms with E-state index in [2.05, 4.69) is 34.0 Å². The van der Waals surface area contributed by atoms with Crippen molar-refractivity contribution in [3.63, 3.8) is 0 Å². The summed E-state index contributed by atoms with van der Waals surface area (Å²) < 4.78 is 5.10. The summed E-state index contributed by atoms with van der Waals surface area (Å²) in [6.45, 7) is 5.79. The van der Waals surface area contributed by atoms with Gasteiger partial charge in [-0.25, -0.2) is 9.97 Å². The lowest BCUT2D eigenvalue weighted by atomic mass is 10.3. The van der Waals surface area contributed by atoms with Gasteiger partial charge < -0.3 is 15.0 Å². The predicted octanol–water partition coefficient (Wildman–Crippen LogP) is 1.38. The van der Waals surface area contributed by atoms with Crippen molar-refractivity contribution in [2.24, 2.45) is 0 Å². The number of rotatable bonds is 6. The van der Waals surface area contributed by atoms with Crippen molar-refractivity contribution >= 4 is 11.6 Å². The van der Waals surface area contributed by atoms with E-state index in [0.29, 0.717) is 12.6 Å². The largest absolute Gasteiger partial charge is 0.383 e. The summed E-state index contributed by atoms with van der Waals surface area (Å²) in [5, 5.41) is 3.01. The average Bonchev–Trinajstić information content (AvgIpc) is 2.29. The van der Waals surface area contributed by atoms with E-state index in [1.54, 1.807) is 13.4 Å². The molecule has 0 atom stereocenters. The molecule has 0 fully saturated rings. The lowest BCUT2D eigenvalue weighted by Gasteiger charge is -2.27. The maximum Gasteiger partial charge on any atom is 0.134 e. The number of anilines is 2. The van der Waals surface area contributed by atoms with Crippen molar-refractivity contribution in [3.05, 3.63) is 12.4 Å². The van der Waals surface area contributed by atoms with Crippen LogP contribution >= 0.6 is 0 Å². The summed E-state index contributed by atoms with van der Waals surface area (Å²) in [6.07, 6.45) is 1.57. The van der Waals surface area contributed by atoms with E-state index in [1.807, 2.05) is 13.1 Å². The molecule has 0 saturated carbocycles. The highest BCUT2D eigenvalue weighted by atomic mass is 16.5. The molecule has 0 spiro atoms. The van der Waals surface area contributed by atoms with Gasteiger partial charge in [-0.05, 0) is 13.8 Å². The standard InChI is InChI=1S/C11H20N4O/c1-9(2)15(5-6-16-4)11-7-10(12-3)13-8-14-11/h7-9H,5-6H2,1-4H3,(H,12,13,14). The third kappa shape index (κ3) is 3.34. The Labute approximate surface area is 96.8 Å². The van der Waals surface area contributed by atoms with Gasteiger partial charge in [0.25, 0.3) is 0 Å². The zero-order chi connectivity index (χ0) is 12.0. The Morgan fingerprint density at radius 3 is 2.75 bits per heavy atom. The van der Waals surface area contributed by atoms with E-state index in [4.69, 9.17) is 4.74 Å². The summed E-state index contributed by atoms with van der Waals surface area (Å²) in [4.78, 5) is 10.6. The van der Waals surface area contributed by atoms with Crippen LogP contribution in [-0.4, -0.2) is 43.3 Å². The van der Waals surface area contributed by atoms with E-state index in [-0.39, 0.29) is 0 Å². The van der Waals surface area contributed by atoms with Crippen molar-refractivity contribution in [2.75, 3.05) is 37.5 Å². The van der Waals surface area contributed by atoms with Gasteiger partial charge in [-0.2, -0.15) is 0 Å². The Balaban J connectivity index is 2.82. The quantitative estimate of drug-likeness (QED) is 0.791. The Hall–Kier alpha value is -1.36. The molecule has 0 unspecified atom stereocenters. The molecule has 1 aromatic rings. The molecule has 1 N–H and O–H groups in total. The molecule has 1 heterocycles. The van der Waals surface area contributed by atoms with Crippen molar-refractivity contribution in [1.82, 2.24) is 9.97 Å². The van der Waals surface area contributed by atoms with Crippen molar-refractivity contribution < 1.29 is 4.74 Å². The first kappa shape index (κ1) is 12.7. The molecular weight excluding hydrogens is 204 g/mol. The topological polar surface area (TPSA) is 50.3 Å². The highest BCUT2D eigenvalue weighted by molar-refractivity contribution is 5.48. The van der Waals surface area contributed by atoms with Crippen LogP contribution < -0.4 is 10.2 Å². The van der Waals surface area contributed by atoms with Gasteiger partial charge in [0.15, 0.2) is 0 Å². The molecule has 0 saturated heterocycles. The van der Waals surface area contributed by atoms with Gasteiger partial charge in [-0.3, -0.25) is 0 Å². The van der Waals surface area contributed by atoms with Crippen LogP contribution in [-0.2, 0) is 4.74 Å². The molecule has 90 valence electrons. The molecule has 16 heavy (non-hydrogen) atoms. The Bertz CT molecular complexity index is 317. The van der Waals surface area contributed by atoms with Crippen molar-refractivity contribution in [2.45, 2.75) is 19.9 Å². The van der Waals surface area contributed by atoms with Gasteiger partial charge in [0.2, 0.25) is 0 Å².